The zero-order chi connectivity index (χ0) is 23.3. The zero-order valence-electron chi connectivity index (χ0n) is 16.2. The van der Waals surface area contributed by atoms with Crippen molar-refractivity contribution in [2.24, 2.45) is 0 Å². The van der Waals surface area contributed by atoms with Crippen molar-refractivity contribution < 1.29 is 31.1 Å². The van der Waals surface area contributed by atoms with Crippen LogP contribution in [0.15, 0.2) is 60.9 Å². The normalized spacial score (nSPS) is 12.4. The average Bonchev–Trinajstić information content (AvgIpc) is 3.15. The molecule has 1 aromatic heterocycles. The van der Waals surface area contributed by atoms with Gasteiger partial charge in [-0.2, -0.15) is 26.3 Å². The highest BCUT2D eigenvalue weighted by Crippen LogP contribution is 2.39. The number of methoxy groups -OCH3 is 1. The summed E-state index contributed by atoms with van der Waals surface area (Å²) >= 11 is 6.17. The quantitative estimate of drug-likeness (QED) is 0.292. The number of ether oxygens (including phenoxy) is 1. The zero-order valence-corrected chi connectivity index (χ0v) is 17.0. The van der Waals surface area contributed by atoms with Crippen LogP contribution in [0.1, 0.15) is 11.1 Å². The van der Waals surface area contributed by atoms with Crippen LogP contribution in [0.25, 0.3) is 27.8 Å². The standard InChI is InChI=1S/C22H13ClF6N2O/c1-32-20-5-3-16(10-17(20)23)31-11-30-18-4-2-12(8-19(18)31)13-6-14(21(24,25)26)9-15(7-13)22(27,28)29/h2-11H,1H3. The number of aromatic nitrogens is 2. The number of benzene rings is 3. The molecule has 0 spiro atoms. The summed E-state index contributed by atoms with van der Waals surface area (Å²) in [5, 5.41) is 0.329. The molecule has 4 rings (SSSR count). The molecule has 0 radical (unpaired) electrons. The van der Waals surface area contributed by atoms with Gasteiger partial charge < -0.3 is 4.74 Å². The molecule has 0 fully saturated rings. The lowest BCUT2D eigenvalue weighted by molar-refractivity contribution is -0.143. The van der Waals surface area contributed by atoms with Crippen molar-refractivity contribution in [2.45, 2.75) is 12.4 Å². The van der Waals surface area contributed by atoms with E-state index < -0.39 is 23.5 Å². The summed E-state index contributed by atoms with van der Waals surface area (Å²) in [5.41, 5.74) is -1.21. The Bertz CT molecular complexity index is 1280. The van der Waals surface area contributed by atoms with E-state index in [-0.39, 0.29) is 17.2 Å². The van der Waals surface area contributed by atoms with Crippen LogP contribution in [0.5, 0.6) is 5.75 Å². The van der Waals surface area contributed by atoms with E-state index in [1.165, 1.54) is 31.6 Å². The third-order valence-corrected chi connectivity index (χ3v) is 5.18. The number of nitrogens with zero attached hydrogens (tertiary/aromatic N) is 2. The molecular formula is C22H13ClF6N2O. The lowest BCUT2D eigenvalue weighted by atomic mass is 9.98. The Balaban J connectivity index is 1.88. The van der Waals surface area contributed by atoms with Crippen molar-refractivity contribution in [1.29, 1.82) is 0 Å². The van der Waals surface area contributed by atoms with E-state index in [4.69, 9.17) is 16.3 Å². The molecule has 3 nitrogen and oxygen atoms in total. The second-order valence-corrected chi connectivity index (χ2v) is 7.34. The van der Waals surface area contributed by atoms with Gasteiger partial charge in [0.15, 0.2) is 0 Å². The van der Waals surface area contributed by atoms with Crippen LogP contribution in [-0.2, 0) is 12.4 Å². The van der Waals surface area contributed by atoms with Crippen LogP contribution in [0.3, 0.4) is 0 Å². The molecule has 10 heteroatoms. The molecule has 32 heavy (non-hydrogen) atoms. The van der Waals surface area contributed by atoms with Crippen LogP contribution in [0.2, 0.25) is 5.02 Å². The van der Waals surface area contributed by atoms with E-state index in [1.54, 1.807) is 22.8 Å². The first-order chi connectivity index (χ1) is 15.0. The molecule has 0 saturated carbocycles. The molecule has 0 aliphatic heterocycles. The van der Waals surface area contributed by atoms with Gasteiger partial charge in [-0.25, -0.2) is 4.98 Å². The highest BCUT2D eigenvalue weighted by atomic mass is 35.5. The molecule has 0 unspecified atom stereocenters. The maximum absolute atomic E-state index is 13.2. The maximum atomic E-state index is 13.2. The molecular weight excluding hydrogens is 458 g/mol. The first kappa shape index (κ1) is 22.0. The van der Waals surface area contributed by atoms with Crippen molar-refractivity contribution in [3.8, 4) is 22.6 Å². The Kier molecular flexibility index (Phi) is 5.32. The summed E-state index contributed by atoms with van der Waals surface area (Å²) in [4.78, 5) is 4.24. The molecule has 1 heterocycles. The molecule has 0 aliphatic rings. The number of hydrogen-bond donors (Lipinski definition) is 0. The smallest absolute Gasteiger partial charge is 0.416 e. The van der Waals surface area contributed by atoms with Gasteiger partial charge in [0.1, 0.15) is 12.1 Å². The summed E-state index contributed by atoms with van der Waals surface area (Å²) < 4.78 is 86.2. The minimum atomic E-state index is -4.93. The number of rotatable bonds is 3. The van der Waals surface area contributed by atoms with Crippen molar-refractivity contribution in [1.82, 2.24) is 9.55 Å². The summed E-state index contributed by atoms with van der Waals surface area (Å²) in [5.74, 6) is 0.448. The van der Waals surface area contributed by atoms with E-state index in [1.807, 2.05) is 0 Å². The van der Waals surface area contributed by atoms with Gasteiger partial charge in [-0.1, -0.05) is 17.7 Å². The van der Waals surface area contributed by atoms with Gasteiger partial charge in [-0.3, -0.25) is 4.57 Å². The molecule has 0 N–H and O–H groups in total. The van der Waals surface area contributed by atoms with E-state index >= 15 is 0 Å². The summed E-state index contributed by atoms with van der Waals surface area (Å²) in [7, 11) is 1.46. The van der Waals surface area contributed by atoms with Crippen LogP contribution in [0, 0.1) is 0 Å². The summed E-state index contributed by atoms with van der Waals surface area (Å²) in [6.07, 6.45) is -8.37. The molecule has 166 valence electrons. The lowest BCUT2D eigenvalue weighted by Gasteiger charge is -2.14. The van der Waals surface area contributed by atoms with E-state index in [0.29, 0.717) is 39.6 Å². The van der Waals surface area contributed by atoms with Crippen molar-refractivity contribution in [2.75, 3.05) is 7.11 Å². The Morgan fingerprint density at radius 2 is 1.47 bits per heavy atom. The van der Waals surface area contributed by atoms with Gasteiger partial charge in [0.2, 0.25) is 0 Å². The predicted octanol–water partition coefficient (Wildman–Crippen LogP) is 7.39. The monoisotopic (exact) mass is 470 g/mol. The molecule has 0 aliphatic carbocycles. The topological polar surface area (TPSA) is 27.1 Å². The highest BCUT2D eigenvalue weighted by molar-refractivity contribution is 6.32. The Hall–Kier alpha value is -3.20. The van der Waals surface area contributed by atoms with Gasteiger partial charge in [0, 0.05) is 5.69 Å². The van der Waals surface area contributed by atoms with Crippen LogP contribution >= 0.6 is 11.6 Å². The van der Waals surface area contributed by atoms with Crippen molar-refractivity contribution in [3.05, 3.63) is 77.1 Å². The van der Waals surface area contributed by atoms with E-state index in [0.717, 1.165) is 0 Å². The van der Waals surface area contributed by atoms with Crippen LogP contribution < -0.4 is 4.74 Å². The molecule has 3 aromatic carbocycles. The molecule has 0 saturated heterocycles. The number of imidazole rings is 1. The summed E-state index contributed by atoms with van der Waals surface area (Å²) in [6.45, 7) is 0. The first-order valence-electron chi connectivity index (χ1n) is 9.08. The average molecular weight is 471 g/mol. The predicted molar refractivity (Wildman–Crippen MR) is 108 cm³/mol. The minimum absolute atomic E-state index is 0.103. The minimum Gasteiger partial charge on any atom is -0.495 e. The first-order valence-corrected chi connectivity index (χ1v) is 9.46. The van der Waals surface area contributed by atoms with Gasteiger partial charge in [0.25, 0.3) is 0 Å². The number of halogens is 7. The fraction of sp³-hybridized carbons (Fsp3) is 0.136. The largest absolute Gasteiger partial charge is 0.495 e. The SMILES string of the molecule is COc1ccc(-n2cnc3ccc(-c4cc(C(F)(F)F)cc(C(F)(F)F)c4)cc32)cc1Cl. The molecule has 0 bridgehead atoms. The highest BCUT2D eigenvalue weighted by Gasteiger charge is 2.37. The summed E-state index contributed by atoms with van der Waals surface area (Å²) in [6, 6.07) is 10.9. The molecule has 0 amide bonds. The Morgan fingerprint density at radius 3 is 2.03 bits per heavy atom. The lowest BCUT2D eigenvalue weighted by Crippen LogP contribution is -2.11. The van der Waals surface area contributed by atoms with E-state index in [2.05, 4.69) is 4.98 Å². The van der Waals surface area contributed by atoms with Gasteiger partial charge in [-0.05, 0) is 59.7 Å². The van der Waals surface area contributed by atoms with Gasteiger partial charge in [-0.15, -0.1) is 0 Å². The van der Waals surface area contributed by atoms with Crippen LogP contribution in [0.4, 0.5) is 26.3 Å². The van der Waals surface area contributed by atoms with Gasteiger partial charge in [0.05, 0.1) is 34.3 Å². The van der Waals surface area contributed by atoms with E-state index in [9.17, 15) is 26.3 Å². The maximum Gasteiger partial charge on any atom is 0.416 e. The third kappa shape index (κ3) is 4.12. The number of alkyl halides is 6. The van der Waals surface area contributed by atoms with Crippen molar-refractivity contribution >= 4 is 22.6 Å². The van der Waals surface area contributed by atoms with Crippen LogP contribution in [-0.4, -0.2) is 16.7 Å². The van der Waals surface area contributed by atoms with Crippen molar-refractivity contribution in [3.63, 3.8) is 0 Å². The number of fused-ring (bicyclic) bond motifs is 1. The van der Waals surface area contributed by atoms with Gasteiger partial charge >= 0.3 is 12.4 Å². The molecule has 4 aromatic rings. The second kappa shape index (κ2) is 7.74. The molecule has 0 atom stereocenters. The fourth-order valence-corrected chi connectivity index (χ4v) is 3.57. The Labute approximate surface area is 182 Å². The fourth-order valence-electron chi connectivity index (χ4n) is 3.32. The second-order valence-electron chi connectivity index (χ2n) is 6.93. The Morgan fingerprint density at radius 1 is 0.812 bits per heavy atom. The number of hydrogen-bond acceptors (Lipinski definition) is 2. The third-order valence-electron chi connectivity index (χ3n) is 4.88.